The van der Waals surface area contributed by atoms with E-state index in [1.54, 1.807) is 43.3 Å². The molecule has 0 aliphatic carbocycles. The maximum Gasteiger partial charge on any atom is 0.314 e. The second kappa shape index (κ2) is 7.10. The minimum absolute atomic E-state index is 0.0121. The van der Waals surface area contributed by atoms with Crippen LogP contribution in [0.1, 0.15) is 15.9 Å². The molecule has 0 bridgehead atoms. The standard InChI is InChI=1S/C19H14FN3O3/c1-12-9-10-21-19(18(12)23(25)26)22-17-13(11-24)5-4-7-15(17)14-6-2-3-8-16(14)20/h2-11H,1H3,(H,21,22). The highest BCUT2D eigenvalue weighted by atomic mass is 19.1. The Hall–Kier alpha value is -3.61. The molecule has 0 fully saturated rings. The van der Waals surface area contributed by atoms with Crippen LogP contribution in [0, 0.1) is 22.9 Å². The number of rotatable bonds is 5. The van der Waals surface area contributed by atoms with Gasteiger partial charge in [-0.1, -0.05) is 30.3 Å². The Morgan fingerprint density at radius 1 is 1.12 bits per heavy atom. The zero-order valence-corrected chi connectivity index (χ0v) is 13.8. The van der Waals surface area contributed by atoms with Crippen molar-refractivity contribution < 1.29 is 14.1 Å². The molecule has 2 aromatic carbocycles. The van der Waals surface area contributed by atoms with Crippen molar-refractivity contribution in [3.8, 4) is 11.1 Å². The number of carbonyl (C=O) groups excluding carboxylic acids is 1. The van der Waals surface area contributed by atoms with Gasteiger partial charge in [-0.2, -0.15) is 0 Å². The predicted molar refractivity (Wildman–Crippen MR) is 96.1 cm³/mol. The van der Waals surface area contributed by atoms with Gasteiger partial charge in [0.25, 0.3) is 0 Å². The van der Waals surface area contributed by atoms with Crippen LogP contribution in [-0.4, -0.2) is 16.2 Å². The Labute approximate surface area is 148 Å². The van der Waals surface area contributed by atoms with E-state index in [1.807, 2.05) is 0 Å². The van der Waals surface area contributed by atoms with Crippen LogP contribution in [0.25, 0.3) is 11.1 Å². The molecule has 0 aliphatic heterocycles. The van der Waals surface area contributed by atoms with Crippen LogP contribution >= 0.6 is 0 Å². The van der Waals surface area contributed by atoms with Gasteiger partial charge in [-0.05, 0) is 25.1 Å². The number of hydrogen-bond donors (Lipinski definition) is 1. The molecule has 130 valence electrons. The first kappa shape index (κ1) is 17.2. The summed E-state index contributed by atoms with van der Waals surface area (Å²) < 4.78 is 14.3. The third-order valence-electron chi connectivity index (χ3n) is 3.94. The number of nitrogens with one attached hydrogen (secondary N) is 1. The summed E-state index contributed by atoms with van der Waals surface area (Å²) in [6.45, 7) is 1.59. The van der Waals surface area contributed by atoms with Gasteiger partial charge in [0, 0.05) is 28.5 Å². The van der Waals surface area contributed by atoms with Crippen molar-refractivity contribution in [2.45, 2.75) is 6.92 Å². The van der Waals surface area contributed by atoms with Crippen LogP contribution in [-0.2, 0) is 0 Å². The van der Waals surface area contributed by atoms with E-state index < -0.39 is 10.7 Å². The zero-order valence-electron chi connectivity index (χ0n) is 13.8. The molecule has 26 heavy (non-hydrogen) atoms. The number of pyridine rings is 1. The van der Waals surface area contributed by atoms with Crippen LogP contribution in [0.2, 0.25) is 0 Å². The minimum atomic E-state index is -0.545. The lowest BCUT2D eigenvalue weighted by Gasteiger charge is -2.15. The summed E-state index contributed by atoms with van der Waals surface area (Å²) >= 11 is 0. The molecular weight excluding hydrogens is 337 g/mol. The van der Waals surface area contributed by atoms with Crippen LogP contribution < -0.4 is 5.32 Å². The maximum absolute atomic E-state index is 14.3. The van der Waals surface area contributed by atoms with E-state index in [-0.39, 0.29) is 28.3 Å². The van der Waals surface area contributed by atoms with Gasteiger partial charge in [0.15, 0.2) is 6.29 Å². The highest BCUT2D eigenvalue weighted by molar-refractivity contribution is 5.95. The monoisotopic (exact) mass is 351 g/mol. The molecule has 0 unspecified atom stereocenters. The molecule has 6 nitrogen and oxygen atoms in total. The Balaban J connectivity index is 2.21. The highest BCUT2D eigenvalue weighted by Gasteiger charge is 2.21. The highest BCUT2D eigenvalue weighted by Crippen LogP contribution is 2.36. The summed E-state index contributed by atoms with van der Waals surface area (Å²) in [6, 6.07) is 12.4. The molecule has 0 radical (unpaired) electrons. The smallest absolute Gasteiger partial charge is 0.314 e. The first-order chi connectivity index (χ1) is 12.5. The van der Waals surface area contributed by atoms with Crippen molar-refractivity contribution in [1.82, 2.24) is 4.98 Å². The van der Waals surface area contributed by atoms with Crippen LogP contribution in [0.4, 0.5) is 21.6 Å². The second-order valence-electron chi connectivity index (χ2n) is 5.57. The Morgan fingerprint density at radius 3 is 2.54 bits per heavy atom. The molecule has 3 rings (SSSR count). The summed E-state index contributed by atoms with van der Waals surface area (Å²) in [5.74, 6) is -0.479. The average Bonchev–Trinajstić information content (AvgIpc) is 2.62. The fourth-order valence-corrected chi connectivity index (χ4v) is 2.70. The number of para-hydroxylation sites is 1. The van der Waals surface area contributed by atoms with Crippen molar-refractivity contribution in [3.63, 3.8) is 0 Å². The quantitative estimate of drug-likeness (QED) is 0.410. The van der Waals surface area contributed by atoms with E-state index in [4.69, 9.17) is 0 Å². The van der Waals surface area contributed by atoms with E-state index in [0.717, 1.165) is 0 Å². The van der Waals surface area contributed by atoms with Crippen molar-refractivity contribution in [2.75, 3.05) is 5.32 Å². The van der Waals surface area contributed by atoms with Crippen LogP contribution in [0.15, 0.2) is 54.7 Å². The van der Waals surface area contributed by atoms with Gasteiger partial charge in [0.05, 0.1) is 10.6 Å². The number of aryl methyl sites for hydroxylation is 1. The molecule has 0 saturated carbocycles. The maximum atomic E-state index is 14.3. The van der Waals surface area contributed by atoms with Gasteiger partial charge in [0.2, 0.25) is 5.82 Å². The fraction of sp³-hybridized carbons (Fsp3) is 0.0526. The summed E-state index contributed by atoms with van der Waals surface area (Å²) in [7, 11) is 0. The van der Waals surface area contributed by atoms with Crippen molar-refractivity contribution in [1.29, 1.82) is 0 Å². The lowest BCUT2D eigenvalue weighted by atomic mass is 9.99. The summed E-state index contributed by atoms with van der Waals surface area (Å²) in [5, 5.41) is 14.3. The predicted octanol–water partition coefficient (Wildman–Crippen LogP) is 4.66. The van der Waals surface area contributed by atoms with Crippen molar-refractivity contribution in [3.05, 3.63) is 81.8 Å². The Kier molecular flexibility index (Phi) is 4.70. The Morgan fingerprint density at radius 2 is 1.85 bits per heavy atom. The number of nitrogens with zero attached hydrogens (tertiary/aromatic N) is 2. The molecule has 1 aromatic heterocycles. The van der Waals surface area contributed by atoms with Gasteiger partial charge in [0.1, 0.15) is 5.82 Å². The van der Waals surface area contributed by atoms with Gasteiger partial charge >= 0.3 is 5.69 Å². The third kappa shape index (κ3) is 3.14. The first-order valence-electron chi connectivity index (χ1n) is 7.73. The summed E-state index contributed by atoms with van der Waals surface area (Å²) in [6.07, 6.45) is 2.03. The number of carbonyl (C=O) groups is 1. The molecular formula is C19H14FN3O3. The Bertz CT molecular complexity index is 1010. The van der Waals surface area contributed by atoms with Crippen LogP contribution in [0.3, 0.4) is 0 Å². The van der Waals surface area contributed by atoms with Crippen LogP contribution in [0.5, 0.6) is 0 Å². The van der Waals surface area contributed by atoms with Gasteiger partial charge < -0.3 is 5.32 Å². The van der Waals surface area contributed by atoms with E-state index >= 15 is 0 Å². The van der Waals surface area contributed by atoms with Gasteiger partial charge in [-0.3, -0.25) is 14.9 Å². The fourth-order valence-electron chi connectivity index (χ4n) is 2.70. The molecule has 1 heterocycles. The van der Waals surface area contributed by atoms with E-state index in [0.29, 0.717) is 17.4 Å². The van der Waals surface area contributed by atoms with E-state index in [2.05, 4.69) is 10.3 Å². The number of benzene rings is 2. The van der Waals surface area contributed by atoms with E-state index in [1.165, 1.54) is 18.3 Å². The molecule has 0 saturated heterocycles. The van der Waals surface area contributed by atoms with Crippen molar-refractivity contribution >= 4 is 23.5 Å². The van der Waals surface area contributed by atoms with E-state index in [9.17, 15) is 19.3 Å². The average molecular weight is 351 g/mol. The molecule has 0 atom stereocenters. The molecule has 3 aromatic rings. The first-order valence-corrected chi connectivity index (χ1v) is 7.73. The second-order valence-corrected chi connectivity index (χ2v) is 5.57. The van der Waals surface area contributed by atoms with Gasteiger partial charge in [-0.15, -0.1) is 0 Å². The van der Waals surface area contributed by atoms with Gasteiger partial charge in [-0.25, -0.2) is 9.37 Å². The minimum Gasteiger partial charge on any atom is -0.333 e. The zero-order chi connectivity index (χ0) is 18.7. The molecule has 0 spiro atoms. The topological polar surface area (TPSA) is 85.1 Å². The number of aromatic nitrogens is 1. The number of nitro groups is 1. The summed E-state index contributed by atoms with van der Waals surface area (Å²) in [4.78, 5) is 26.4. The molecule has 0 aliphatic rings. The number of halogens is 1. The van der Waals surface area contributed by atoms with Crippen molar-refractivity contribution in [2.24, 2.45) is 0 Å². The third-order valence-corrected chi connectivity index (χ3v) is 3.94. The lowest BCUT2D eigenvalue weighted by molar-refractivity contribution is -0.384. The number of hydrogen-bond acceptors (Lipinski definition) is 5. The summed E-state index contributed by atoms with van der Waals surface area (Å²) in [5.41, 5.74) is 1.40. The SMILES string of the molecule is Cc1ccnc(Nc2c(C=O)cccc2-c2ccccc2F)c1[N+](=O)[O-]. The number of anilines is 2. The number of aldehydes is 1. The molecule has 1 N–H and O–H groups in total. The largest absolute Gasteiger partial charge is 0.333 e. The molecule has 7 heteroatoms. The normalized spacial score (nSPS) is 10.4. The molecule has 0 amide bonds. The lowest BCUT2D eigenvalue weighted by Crippen LogP contribution is -2.04.